The molecule has 6 heteroatoms. The molecule has 0 atom stereocenters. The Kier molecular flexibility index (Phi) is 4.03. The number of hydrogen-bond acceptors (Lipinski definition) is 4. The minimum atomic E-state index is -0.198. The number of benzene rings is 1. The van der Waals surface area contributed by atoms with Crippen LogP contribution in [0.15, 0.2) is 59.0 Å². The molecule has 1 N–H and O–H groups in total. The first-order chi connectivity index (χ1) is 10.2. The molecule has 2 aromatic heterocycles. The van der Waals surface area contributed by atoms with Crippen molar-refractivity contribution in [2.75, 3.05) is 5.32 Å². The molecule has 0 saturated heterocycles. The van der Waals surface area contributed by atoms with Crippen molar-refractivity contribution in [3.05, 3.63) is 74.4 Å². The zero-order chi connectivity index (χ0) is 14.7. The second-order valence-corrected chi connectivity index (χ2v) is 5.83. The molecule has 0 amide bonds. The molecule has 0 radical (unpaired) electrons. The third kappa shape index (κ3) is 3.15. The van der Waals surface area contributed by atoms with Gasteiger partial charge in [-0.15, -0.1) is 11.3 Å². The van der Waals surface area contributed by atoms with E-state index in [0.29, 0.717) is 23.1 Å². The van der Waals surface area contributed by atoms with Gasteiger partial charge >= 0.3 is 0 Å². The molecule has 106 valence electrons. The highest BCUT2D eigenvalue weighted by atomic mass is 35.5. The van der Waals surface area contributed by atoms with Crippen LogP contribution in [0.2, 0.25) is 5.02 Å². The normalized spacial score (nSPS) is 10.5. The Bertz CT molecular complexity index is 799. The van der Waals surface area contributed by atoms with Crippen molar-refractivity contribution in [2.45, 2.75) is 6.54 Å². The Morgan fingerprint density at radius 2 is 2.19 bits per heavy atom. The number of hydrogen-bond donors (Lipinski definition) is 1. The Balaban J connectivity index is 1.90. The monoisotopic (exact) mass is 317 g/mol. The summed E-state index contributed by atoms with van der Waals surface area (Å²) < 4.78 is 1.52. The standard InChI is InChI=1S/C15H12ClN3OS/c16-11-3-1-4-12(9-11)19-7-6-17-14(15(19)20)18-10-13-5-2-8-21-13/h1-9H,10H2,(H,17,18). The molecular weight excluding hydrogens is 306 g/mol. The van der Waals surface area contributed by atoms with E-state index in [1.165, 1.54) is 4.57 Å². The maximum absolute atomic E-state index is 12.4. The van der Waals surface area contributed by atoms with Gasteiger partial charge in [-0.05, 0) is 29.6 Å². The number of halogens is 1. The van der Waals surface area contributed by atoms with Crippen LogP contribution in [-0.2, 0) is 6.54 Å². The first-order valence-electron chi connectivity index (χ1n) is 6.34. The fourth-order valence-electron chi connectivity index (χ4n) is 1.95. The van der Waals surface area contributed by atoms with E-state index in [1.54, 1.807) is 35.9 Å². The minimum Gasteiger partial charge on any atom is -0.361 e. The molecule has 0 unspecified atom stereocenters. The summed E-state index contributed by atoms with van der Waals surface area (Å²) in [5, 5.41) is 5.66. The van der Waals surface area contributed by atoms with Gasteiger partial charge in [0.15, 0.2) is 5.82 Å². The van der Waals surface area contributed by atoms with Gasteiger partial charge in [-0.3, -0.25) is 9.36 Å². The first-order valence-corrected chi connectivity index (χ1v) is 7.59. The molecule has 2 heterocycles. The summed E-state index contributed by atoms with van der Waals surface area (Å²) in [6.07, 6.45) is 3.23. The smallest absolute Gasteiger partial charge is 0.297 e. The molecule has 1 aromatic carbocycles. The third-order valence-electron chi connectivity index (χ3n) is 2.94. The molecule has 0 aliphatic rings. The van der Waals surface area contributed by atoms with Crippen molar-refractivity contribution < 1.29 is 0 Å². The van der Waals surface area contributed by atoms with Gasteiger partial charge in [0.1, 0.15) is 0 Å². The maximum Gasteiger partial charge on any atom is 0.297 e. The van der Waals surface area contributed by atoms with Crippen LogP contribution in [0.3, 0.4) is 0 Å². The molecule has 0 aliphatic heterocycles. The van der Waals surface area contributed by atoms with Crippen LogP contribution in [-0.4, -0.2) is 9.55 Å². The van der Waals surface area contributed by atoms with E-state index in [-0.39, 0.29) is 5.56 Å². The molecule has 0 saturated carbocycles. The Morgan fingerprint density at radius 1 is 1.29 bits per heavy atom. The van der Waals surface area contributed by atoms with E-state index in [2.05, 4.69) is 10.3 Å². The van der Waals surface area contributed by atoms with E-state index in [9.17, 15) is 4.79 Å². The van der Waals surface area contributed by atoms with Crippen LogP contribution in [0.5, 0.6) is 0 Å². The Hall–Kier alpha value is -2.11. The average molecular weight is 318 g/mol. The van der Waals surface area contributed by atoms with Crippen molar-refractivity contribution >= 4 is 28.8 Å². The molecule has 21 heavy (non-hydrogen) atoms. The number of aromatic nitrogens is 2. The van der Waals surface area contributed by atoms with E-state index in [0.717, 1.165) is 4.88 Å². The van der Waals surface area contributed by atoms with Gasteiger partial charge in [-0.1, -0.05) is 23.7 Å². The summed E-state index contributed by atoms with van der Waals surface area (Å²) in [5.41, 5.74) is 0.519. The van der Waals surface area contributed by atoms with Crippen LogP contribution >= 0.6 is 22.9 Å². The number of anilines is 1. The molecule has 0 bridgehead atoms. The van der Waals surface area contributed by atoms with Gasteiger partial charge in [-0.25, -0.2) is 4.98 Å². The molecule has 4 nitrogen and oxygen atoms in total. The lowest BCUT2D eigenvalue weighted by Gasteiger charge is -2.08. The van der Waals surface area contributed by atoms with Gasteiger partial charge in [0.2, 0.25) is 0 Å². The van der Waals surface area contributed by atoms with Crippen molar-refractivity contribution in [1.29, 1.82) is 0 Å². The molecule has 3 aromatic rings. The third-order valence-corrected chi connectivity index (χ3v) is 4.05. The Morgan fingerprint density at radius 3 is 2.95 bits per heavy atom. The average Bonchev–Trinajstić information content (AvgIpc) is 2.99. The summed E-state index contributed by atoms with van der Waals surface area (Å²) >= 11 is 7.60. The van der Waals surface area contributed by atoms with Gasteiger partial charge in [0.25, 0.3) is 5.56 Å². The fourth-order valence-corrected chi connectivity index (χ4v) is 2.78. The highest BCUT2D eigenvalue weighted by Gasteiger charge is 2.06. The van der Waals surface area contributed by atoms with E-state index in [4.69, 9.17) is 11.6 Å². The van der Waals surface area contributed by atoms with Crippen molar-refractivity contribution in [3.8, 4) is 5.69 Å². The van der Waals surface area contributed by atoms with Crippen molar-refractivity contribution in [3.63, 3.8) is 0 Å². The minimum absolute atomic E-state index is 0.198. The molecule has 3 rings (SSSR count). The van der Waals surface area contributed by atoms with E-state index >= 15 is 0 Å². The largest absolute Gasteiger partial charge is 0.361 e. The first kappa shape index (κ1) is 13.9. The van der Waals surface area contributed by atoms with Crippen LogP contribution in [0, 0.1) is 0 Å². The number of thiophene rings is 1. The van der Waals surface area contributed by atoms with E-state index in [1.807, 2.05) is 29.6 Å². The fraction of sp³-hybridized carbons (Fsp3) is 0.0667. The lowest BCUT2D eigenvalue weighted by molar-refractivity contribution is 0.947. The second kappa shape index (κ2) is 6.11. The lowest BCUT2D eigenvalue weighted by Crippen LogP contribution is -2.22. The van der Waals surface area contributed by atoms with Crippen LogP contribution in [0.4, 0.5) is 5.82 Å². The zero-order valence-corrected chi connectivity index (χ0v) is 12.6. The summed E-state index contributed by atoms with van der Waals surface area (Å²) in [6.45, 7) is 0.583. The van der Waals surface area contributed by atoms with Crippen molar-refractivity contribution in [2.24, 2.45) is 0 Å². The Labute approximate surface area is 130 Å². The number of nitrogens with zero attached hydrogens (tertiary/aromatic N) is 2. The van der Waals surface area contributed by atoms with Gasteiger partial charge in [0, 0.05) is 22.3 Å². The highest BCUT2D eigenvalue weighted by molar-refractivity contribution is 7.09. The molecular formula is C15H12ClN3OS. The number of rotatable bonds is 4. The topological polar surface area (TPSA) is 46.9 Å². The highest BCUT2D eigenvalue weighted by Crippen LogP contribution is 2.14. The predicted molar refractivity (Wildman–Crippen MR) is 86.5 cm³/mol. The quantitative estimate of drug-likeness (QED) is 0.800. The SMILES string of the molecule is O=c1c(NCc2cccs2)nccn1-c1cccc(Cl)c1. The maximum atomic E-state index is 12.4. The van der Waals surface area contributed by atoms with Gasteiger partial charge in [-0.2, -0.15) is 0 Å². The summed E-state index contributed by atoms with van der Waals surface area (Å²) in [5.74, 6) is 0.325. The van der Waals surface area contributed by atoms with Crippen LogP contribution < -0.4 is 10.9 Å². The summed E-state index contributed by atoms with van der Waals surface area (Å²) in [7, 11) is 0. The second-order valence-electron chi connectivity index (χ2n) is 4.36. The zero-order valence-electron chi connectivity index (χ0n) is 11.0. The van der Waals surface area contributed by atoms with E-state index < -0.39 is 0 Å². The summed E-state index contributed by atoms with van der Waals surface area (Å²) in [4.78, 5) is 17.7. The molecule has 0 fully saturated rings. The molecule has 0 spiro atoms. The lowest BCUT2D eigenvalue weighted by atomic mass is 10.3. The molecule has 0 aliphatic carbocycles. The van der Waals surface area contributed by atoms with Crippen LogP contribution in [0.1, 0.15) is 4.88 Å². The predicted octanol–water partition coefficient (Wildman–Crippen LogP) is 3.56. The van der Waals surface area contributed by atoms with Gasteiger partial charge < -0.3 is 5.32 Å². The van der Waals surface area contributed by atoms with Gasteiger partial charge in [0.05, 0.1) is 12.2 Å². The van der Waals surface area contributed by atoms with Crippen molar-refractivity contribution in [1.82, 2.24) is 9.55 Å². The number of nitrogens with one attached hydrogen (secondary N) is 1. The van der Waals surface area contributed by atoms with Crippen LogP contribution in [0.25, 0.3) is 5.69 Å². The summed E-state index contributed by atoms with van der Waals surface area (Å²) in [6, 6.07) is 11.1.